The summed E-state index contributed by atoms with van der Waals surface area (Å²) < 4.78 is 4.99. The van der Waals surface area contributed by atoms with Crippen molar-refractivity contribution in [2.45, 2.75) is 6.54 Å². The lowest BCUT2D eigenvalue weighted by Crippen LogP contribution is -2.25. The second-order valence-electron chi connectivity index (χ2n) is 4.39. The third-order valence-corrected chi connectivity index (χ3v) is 4.05. The summed E-state index contributed by atoms with van der Waals surface area (Å²) in [7, 11) is 1.73. The molecule has 3 rings (SSSR count). The van der Waals surface area contributed by atoms with Crippen molar-refractivity contribution in [1.82, 2.24) is 15.1 Å². The first-order valence-electron chi connectivity index (χ1n) is 5.93. The van der Waals surface area contributed by atoms with Crippen LogP contribution in [0.5, 0.6) is 0 Å². The Hall–Kier alpha value is -2.41. The third kappa shape index (κ3) is 2.12. The maximum Gasteiger partial charge on any atom is 0.266 e. The highest BCUT2D eigenvalue weighted by molar-refractivity contribution is 7.21. The van der Waals surface area contributed by atoms with Gasteiger partial charge < -0.3 is 15.1 Å². The van der Waals surface area contributed by atoms with Gasteiger partial charge in [0.25, 0.3) is 5.91 Å². The molecule has 0 spiro atoms. The van der Waals surface area contributed by atoms with Crippen LogP contribution in [0.3, 0.4) is 0 Å². The minimum Gasteiger partial charge on any atom is -0.472 e. The molecule has 0 unspecified atom stereocenters. The van der Waals surface area contributed by atoms with Gasteiger partial charge in [0.05, 0.1) is 24.4 Å². The Morgan fingerprint density at radius 1 is 1.50 bits per heavy atom. The molecule has 0 saturated carbocycles. The van der Waals surface area contributed by atoms with Crippen LogP contribution >= 0.6 is 11.3 Å². The van der Waals surface area contributed by atoms with E-state index in [9.17, 15) is 4.79 Å². The normalized spacial score (nSPS) is 10.8. The predicted octanol–water partition coefficient (Wildman–Crippen LogP) is 2.14. The van der Waals surface area contributed by atoms with Crippen LogP contribution in [0.1, 0.15) is 15.2 Å². The average molecular weight is 288 g/mol. The van der Waals surface area contributed by atoms with Crippen molar-refractivity contribution in [1.29, 1.82) is 0 Å². The lowest BCUT2D eigenvalue weighted by atomic mass is 10.2. The Bertz CT molecular complexity index is 751. The highest BCUT2D eigenvalue weighted by atomic mass is 32.1. The van der Waals surface area contributed by atoms with E-state index in [2.05, 4.69) is 10.2 Å². The van der Waals surface area contributed by atoms with Gasteiger partial charge in [-0.05, 0) is 12.1 Å². The standard InChI is InChI=1S/C13H12N4O2S/c1-17(6-8-3-5-19-7-8)13(18)11-10(14)9-2-4-15-16-12(9)20-11/h2-5,7H,6,14H2,1H3. The van der Waals surface area contributed by atoms with Crippen molar-refractivity contribution in [3.8, 4) is 0 Å². The Kier molecular flexibility index (Phi) is 3.11. The van der Waals surface area contributed by atoms with E-state index in [0.717, 1.165) is 10.9 Å². The molecule has 7 heteroatoms. The number of amides is 1. The number of nitrogens with zero attached hydrogens (tertiary/aromatic N) is 3. The van der Waals surface area contributed by atoms with Crippen molar-refractivity contribution in [3.05, 3.63) is 41.3 Å². The molecule has 20 heavy (non-hydrogen) atoms. The maximum atomic E-state index is 12.4. The molecule has 0 fully saturated rings. The quantitative estimate of drug-likeness (QED) is 0.798. The zero-order valence-electron chi connectivity index (χ0n) is 10.7. The molecule has 0 atom stereocenters. The molecule has 3 heterocycles. The number of thiophene rings is 1. The molecule has 0 aliphatic carbocycles. The van der Waals surface area contributed by atoms with E-state index in [1.807, 2.05) is 6.07 Å². The number of nitrogen functional groups attached to an aromatic ring is 1. The summed E-state index contributed by atoms with van der Waals surface area (Å²) in [5.74, 6) is -0.133. The highest BCUT2D eigenvalue weighted by Gasteiger charge is 2.20. The van der Waals surface area contributed by atoms with Gasteiger partial charge in [0.15, 0.2) is 0 Å². The van der Waals surface area contributed by atoms with Gasteiger partial charge in [-0.3, -0.25) is 4.79 Å². The molecule has 0 saturated heterocycles. The number of hydrogen-bond acceptors (Lipinski definition) is 6. The molecule has 102 valence electrons. The molecule has 3 aromatic heterocycles. The molecule has 1 amide bonds. The fourth-order valence-electron chi connectivity index (χ4n) is 1.93. The van der Waals surface area contributed by atoms with Gasteiger partial charge in [-0.2, -0.15) is 5.10 Å². The number of furan rings is 1. The van der Waals surface area contributed by atoms with E-state index in [4.69, 9.17) is 10.2 Å². The molecule has 6 nitrogen and oxygen atoms in total. The molecule has 2 N–H and O–H groups in total. The predicted molar refractivity (Wildman–Crippen MR) is 76.3 cm³/mol. The van der Waals surface area contributed by atoms with Crippen molar-refractivity contribution >= 4 is 33.1 Å². The topological polar surface area (TPSA) is 85.2 Å². The second kappa shape index (κ2) is 4.93. The number of anilines is 1. The molecular weight excluding hydrogens is 276 g/mol. The summed E-state index contributed by atoms with van der Waals surface area (Å²) in [5, 5.41) is 8.55. The summed E-state index contributed by atoms with van der Waals surface area (Å²) >= 11 is 1.26. The van der Waals surface area contributed by atoms with Gasteiger partial charge in [-0.25, -0.2) is 0 Å². The summed E-state index contributed by atoms with van der Waals surface area (Å²) in [5.41, 5.74) is 7.42. The van der Waals surface area contributed by atoms with Crippen molar-refractivity contribution < 1.29 is 9.21 Å². The van der Waals surface area contributed by atoms with E-state index in [0.29, 0.717) is 21.9 Å². The summed E-state index contributed by atoms with van der Waals surface area (Å²) in [6.45, 7) is 0.467. The van der Waals surface area contributed by atoms with Crippen LogP contribution in [0.15, 0.2) is 35.3 Å². The number of rotatable bonds is 3. The Morgan fingerprint density at radius 3 is 3.05 bits per heavy atom. The number of carbonyl (C=O) groups excluding carboxylic acids is 1. The molecule has 0 aliphatic heterocycles. The van der Waals surface area contributed by atoms with E-state index >= 15 is 0 Å². The van der Waals surface area contributed by atoms with Gasteiger partial charge in [0.2, 0.25) is 0 Å². The SMILES string of the molecule is CN(Cc1ccoc1)C(=O)c1sc2nnccc2c1N. The van der Waals surface area contributed by atoms with E-state index in [-0.39, 0.29) is 5.91 Å². The monoisotopic (exact) mass is 288 g/mol. The first-order chi connectivity index (χ1) is 9.66. The molecule has 0 bridgehead atoms. The number of nitrogens with two attached hydrogens (primary N) is 1. The van der Waals surface area contributed by atoms with Crippen LogP contribution in [0.4, 0.5) is 5.69 Å². The molecule has 0 aliphatic rings. The van der Waals surface area contributed by atoms with Crippen LogP contribution in [-0.2, 0) is 6.54 Å². The van der Waals surface area contributed by atoms with Crippen molar-refractivity contribution in [3.63, 3.8) is 0 Å². The largest absolute Gasteiger partial charge is 0.472 e. The summed E-state index contributed by atoms with van der Waals surface area (Å²) in [4.78, 5) is 15.2. The van der Waals surface area contributed by atoms with Crippen LogP contribution in [0.25, 0.3) is 10.2 Å². The first kappa shape index (κ1) is 12.6. The van der Waals surface area contributed by atoms with Crippen LogP contribution in [0, 0.1) is 0 Å². The Balaban J connectivity index is 1.90. The summed E-state index contributed by atoms with van der Waals surface area (Å²) in [6.07, 6.45) is 4.76. The van der Waals surface area contributed by atoms with E-state index < -0.39 is 0 Å². The van der Waals surface area contributed by atoms with Crippen LogP contribution in [-0.4, -0.2) is 28.1 Å². The first-order valence-corrected chi connectivity index (χ1v) is 6.74. The fourth-order valence-corrected chi connectivity index (χ4v) is 2.97. The van der Waals surface area contributed by atoms with Gasteiger partial charge in [-0.15, -0.1) is 16.4 Å². The highest BCUT2D eigenvalue weighted by Crippen LogP contribution is 2.32. The lowest BCUT2D eigenvalue weighted by Gasteiger charge is -2.15. The average Bonchev–Trinajstić information content (AvgIpc) is 3.07. The third-order valence-electron chi connectivity index (χ3n) is 2.96. The molecule has 0 aromatic carbocycles. The zero-order chi connectivity index (χ0) is 14.1. The van der Waals surface area contributed by atoms with Gasteiger partial charge in [0.1, 0.15) is 9.71 Å². The van der Waals surface area contributed by atoms with E-state index in [1.165, 1.54) is 11.3 Å². The van der Waals surface area contributed by atoms with E-state index in [1.54, 1.807) is 36.7 Å². The smallest absolute Gasteiger partial charge is 0.266 e. The molecular formula is C13H12N4O2S. The Labute approximate surface area is 118 Å². The second-order valence-corrected chi connectivity index (χ2v) is 5.39. The van der Waals surface area contributed by atoms with Crippen molar-refractivity contribution in [2.24, 2.45) is 0 Å². The molecule has 3 aromatic rings. The van der Waals surface area contributed by atoms with Crippen LogP contribution in [0.2, 0.25) is 0 Å². The van der Waals surface area contributed by atoms with Crippen molar-refractivity contribution in [2.75, 3.05) is 12.8 Å². The number of hydrogen-bond donors (Lipinski definition) is 1. The van der Waals surface area contributed by atoms with Gasteiger partial charge >= 0.3 is 0 Å². The van der Waals surface area contributed by atoms with Gasteiger partial charge in [0, 0.05) is 24.5 Å². The lowest BCUT2D eigenvalue weighted by molar-refractivity contribution is 0.0790. The Morgan fingerprint density at radius 2 is 2.35 bits per heavy atom. The number of fused-ring (bicyclic) bond motifs is 1. The fraction of sp³-hybridized carbons (Fsp3) is 0.154. The minimum absolute atomic E-state index is 0.133. The van der Waals surface area contributed by atoms with Gasteiger partial charge in [-0.1, -0.05) is 0 Å². The zero-order valence-corrected chi connectivity index (χ0v) is 11.6. The molecule has 0 radical (unpaired) electrons. The van der Waals surface area contributed by atoms with Crippen LogP contribution < -0.4 is 5.73 Å². The minimum atomic E-state index is -0.133. The number of aromatic nitrogens is 2. The maximum absolute atomic E-state index is 12.4. The summed E-state index contributed by atoms with van der Waals surface area (Å²) in [6, 6.07) is 3.59. The number of carbonyl (C=O) groups is 1.